The molecule has 0 aromatic rings. The summed E-state index contributed by atoms with van der Waals surface area (Å²) < 4.78 is 0. The summed E-state index contributed by atoms with van der Waals surface area (Å²) in [5, 5.41) is 0. The molecule has 1 fully saturated rings. The lowest BCUT2D eigenvalue weighted by atomic mass is 10.1. The van der Waals surface area contributed by atoms with E-state index in [9.17, 15) is 0 Å². The molecule has 2 heteroatoms. The second kappa shape index (κ2) is 4.49. The smallest absolute Gasteiger partial charge is 0.0216 e. The van der Waals surface area contributed by atoms with Gasteiger partial charge in [0.05, 0.1) is 0 Å². The molecule has 2 unspecified atom stereocenters. The zero-order valence-corrected chi connectivity index (χ0v) is 8.01. The van der Waals surface area contributed by atoms with Crippen molar-refractivity contribution in [2.75, 3.05) is 19.6 Å². The maximum Gasteiger partial charge on any atom is 0.0216 e. The highest BCUT2D eigenvalue weighted by molar-refractivity contribution is 4.96. The predicted molar refractivity (Wildman–Crippen MR) is 51.6 cm³/mol. The number of hydrogen-bond donors (Lipinski definition) is 1. The van der Waals surface area contributed by atoms with Crippen LogP contribution in [-0.4, -0.2) is 30.6 Å². The van der Waals surface area contributed by atoms with Gasteiger partial charge < -0.3 is 10.6 Å². The summed E-state index contributed by atoms with van der Waals surface area (Å²) in [6.45, 7) is 7.38. The van der Waals surface area contributed by atoms with E-state index in [2.05, 4.69) is 23.7 Å². The maximum atomic E-state index is 5.90. The Labute approximate surface area is 75.1 Å². The second-order valence-corrected chi connectivity index (χ2v) is 3.58. The fraction of sp³-hybridized carbons (Fsp3) is 0.800. The van der Waals surface area contributed by atoms with Gasteiger partial charge in [-0.05, 0) is 12.8 Å². The van der Waals surface area contributed by atoms with E-state index in [0.717, 1.165) is 26.1 Å². The van der Waals surface area contributed by atoms with Gasteiger partial charge in [-0.2, -0.15) is 0 Å². The van der Waals surface area contributed by atoms with Gasteiger partial charge in [0.1, 0.15) is 0 Å². The Morgan fingerprint density at radius 1 is 1.50 bits per heavy atom. The Bertz CT molecular complexity index is 180. The van der Waals surface area contributed by atoms with Crippen LogP contribution in [0.15, 0.2) is 0 Å². The number of nitrogens with zero attached hydrogens (tertiary/aromatic N) is 1. The predicted octanol–water partition coefficient (Wildman–Crippen LogP) is 0.679. The Kier molecular flexibility index (Phi) is 3.58. The molecule has 2 atom stereocenters. The first-order valence-corrected chi connectivity index (χ1v) is 4.61. The molecule has 0 bridgehead atoms. The summed E-state index contributed by atoms with van der Waals surface area (Å²) in [4.78, 5) is 2.40. The zero-order chi connectivity index (χ0) is 8.97. The highest BCUT2D eigenvalue weighted by Gasteiger charge is 2.25. The minimum atomic E-state index is 0.375. The second-order valence-electron chi connectivity index (χ2n) is 3.58. The largest absolute Gasteiger partial charge is 0.326 e. The van der Waals surface area contributed by atoms with Crippen molar-refractivity contribution in [2.45, 2.75) is 26.3 Å². The van der Waals surface area contributed by atoms with Gasteiger partial charge in [-0.15, -0.1) is 11.8 Å². The topological polar surface area (TPSA) is 29.3 Å². The summed E-state index contributed by atoms with van der Waals surface area (Å²) in [5.41, 5.74) is 5.90. The first-order chi connectivity index (χ1) is 5.74. The van der Waals surface area contributed by atoms with Gasteiger partial charge >= 0.3 is 0 Å². The van der Waals surface area contributed by atoms with Gasteiger partial charge in [-0.3, -0.25) is 0 Å². The Morgan fingerprint density at radius 3 is 2.75 bits per heavy atom. The molecule has 0 aliphatic carbocycles. The Hall–Kier alpha value is -0.520. The van der Waals surface area contributed by atoms with Gasteiger partial charge in [0.25, 0.3) is 0 Å². The summed E-state index contributed by atoms with van der Waals surface area (Å²) in [5.74, 6) is 6.63. The summed E-state index contributed by atoms with van der Waals surface area (Å²) in [6.07, 6.45) is 0.982. The van der Waals surface area contributed by atoms with Crippen molar-refractivity contribution < 1.29 is 0 Å². The number of nitrogens with two attached hydrogens (primary N) is 1. The minimum Gasteiger partial charge on any atom is -0.326 e. The van der Waals surface area contributed by atoms with Crippen molar-refractivity contribution in [3.63, 3.8) is 0 Å². The van der Waals surface area contributed by atoms with E-state index in [0.29, 0.717) is 12.0 Å². The van der Waals surface area contributed by atoms with Crippen LogP contribution in [0.25, 0.3) is 0 Å². The van der Waals surface area contributed by atoms with Crippen LogP contribution in [0.1, 0.15) is 20.3 Å². The lowest BCUT2D eigenvalue weighted by Crippen LogP contribution is -2.28. The standard InChI is InChI=1S/C10H18N2/c1-3-4-5-6-12-7-9(2)10(11)8-12/h9-10H,5-8,11H2,1-2H3. The SMILES string of the molecule is CC#CCCN1CC(C)C(N)C1. The van der Waals surface area contributed by atoms with E-state index in [1.165, 1.54) is 0 Å². The Morgan fingerprint density at radius 2 is 2.25 bits per heavy atom. The fourth-order valence-corrected chi connectivity index (χ4v) is 1.62. The molecule has 0 saturated carbocycles. The number of likely N-dealkylation sites (tertiary alicyclic amines) is 1. The van der Waals surface area contributed by atoms with E-state index in [-0.39, 0.29) is 0 Å². The third-order valence-corrected chi connectivity index (χ3v) is 2.48. The van der Waals surface area contributed by atoms with Crippen LogP contribution >= 0.6 is 0 Å². The maximum absolute atomic E-state index is 5.90. The van der Waals surface area contributed by atoms with Crippen molar-refractivity contribution in [1.82, 2.24) is 4.90 Å². The highest BCUT2D eigenvalue weighted by Crippen LogP contribution is 2.13. The minimum absolute atomic E-state index is 0.375. The van der Waals surface area contributed by atoms with Crippen molar-refractivity contribution in [3.05, 3.63) is 0 Å². The van der Waals surface area contributed by atoms with Crippen LogP contribution in [0.4, 0.5) is 0 Å². The molecular formula is C10H18N2. The van der Waals surface area contributed by atoms with Crippen LogP contribution in [0, 0.1) is 17.8 Å². The molecule has 0 aromatic carbocycles. The Balaban J connectivity index is 2.21. The van der Waals surface area contributed by atoms with Crippen molar-refractivity contribution in [3.8, 4) is 11.8 Å². The third kappa shape index (κ3) is 2.51. The van der Waals surface area contributed by atoms with Gasteiger partial charge in [0.15, 0.2) is 0 Å². The van der Waals surface area contributed by atoms with Crippen LogP contribution < -0.4 is 5.73 Å². The molecule has 1 aliphatic heterocycles. The number of hydrogen-bond acceptors (Lipinski definition) is 2. The fourth-order valence-electron chi connectivity index (χ4n) is 1.62. The quantitative estimate of drug-likeness (QED) is 0.611. The molecule has 1 heterocycles. The average molecular weight is 166 g/mol. The molecule has 0 amide bonds. The van der Waals surface area contributed by atoms with Crippen molar-refractivity contribution in [2.24, 2.45) is 11.7 Å². The molecular weight excluding hydrogens is 148 g/mol. The monoisotopic (exact) mass is 166 g/mol. The van der Waals surface area contributed by atoms with Gasteiger partial charge in [0, 0.05) is 32.1 Å². The first kappa shape index (κ1) is 9.57. The summed E-state index contributed by atoms with van der Waals surface area (Å²) >= 11 is 0. The van der Waals surface area contributed by atoms with Gasteiger partial charge in [-0.1, -0.05) is 6.92 Å². The molecule has 68 valence electrons. The molecule has 1 aliphatic rings. The van der Waals surface area contributed by atoms with Crippen LogP contribution in [-0.2, 0) is 0 Å². The molecule has 0 spiro atoms. The average Bonchev–Trinajstić information content (AvgIpc) is 2.32. The molecule has 1 saturated heterocycles. The highest BCUT2D eigenvalue weighted by atomic mass is 15.2. The first-order valence-electron chi connectivity index (χ1n) is 4.61. The van der Waals surface area contributed by atoms with E-state index in [4.69, 9.17) is 5.73 Å². The molecule has 2 N–H and O–H groups in total. The van der Waals surface area contributed by atoms with Crippen LogP contribution in [0.5, 0.6) is 0 Å². The van der Waals surface area contributed by atoms with Crippen molar-refractivity contribution >= 4 is 0 Å². The van der Waals surface area contributed by atoms with Gasteiger partial charge in [0.2, 0.25) is 0 Å². The molecule has 1 rings (SSSR count). The van der Waals surface area contributed by atoms with E-state index >= 15 is 0 Å². The third-order valence-electron chi connectivity index (χ3n) is 2.48. The van der Waals surface area contributed by atoms with E-state index in [1.807, 2.05) is 6.92 Å². The van der Waals surface area contributed by atoms with E-state index < -0.39 is 0 Å². The lowest BCUT2D eigenvalue weighted by molar-refractivity contribution is 0.335. The lowest BCUT2D eigenvalue weighted by Gasteiger charge is -2.12. The summed E-state index contributed by atoms with van der Waals surface area (Å²) in [7, 11) is 0. The molecule has 12 heavy (non-hydrogen) atoms. The van der Waals surface area contributed by atoms with E-state index in [1.54, 1.807) is 0 Å². The molecule has 0 radical (unpaired) electrons. The zero-order valence-electron chi connectivity index (χ0n) is 8.01. The van der Waals surface area contributed by atoms with Gasteiger partial charge in [-0.25, -0.2) is 0 Å². The normalized spacial score (nSPS) is 29.9. The molecule has 0 aromatic heterocycles. The number of rotatable bonds is 2. The summed E-state index contributed by atoms with van der Waals surface area (Å²) in [6, 6.07) is 0.375. The van der Waals surface area contributed by atoms with Crippen LogP contribution in [0.3, 0.4) is 0 Å². The van der Waals surface area contributed by atoms with Crippen molar-refractivity contribution in [1.29, 1.82) is 0 Å². The molecule has 2 nitrogen and oxygen atoms in total. The van der Waals surface area contributed by atoms with Crippen LogP contribution in [0.2, 0.25) is 0 Å².